The van der Waals surface area contributed by atoms with E-state index in [0.29, 0.717) is 10.6 Å². The first-order valence-corrected chi connectivity index (χ1v) is 11.2. The molecule has 5 rings (SSSR count). The first-order valence-electron chi connectivity index (χ1n) is 9.99. The lowest BCUT2D eigenvalue weighted by Crippen LogP contribution is -2.39. The number of hydrogen-bond acceptors (Lipinski definition) is 4. The van der Waals surface area contributed by atoms with Gasteiger partial charge in [-0.1, -0.05) is 53.7 Å². The molecule has 30 heavy (non-hydrogen) atoms. The maximum Gasteiger partial charge on any atom is 0.265 e. The van der Waals surface area contributed by atoms with Gasteiger partial charge in [0.1, 0.15) is 0 Å². The number of carbonyl (C=O) groups is 1. The molecule has 150 valence electrons. The third-order valence-electron chi connectivity index (χ3n) is 5.28. The number of aliphatic imine (C=N–C) groups is 1. The van der Waals surface area contributed by atoms with Crippen LogP contribution in [0.1, 0.15) is 34.3 Å². The van der Waals surface area contributed by atoms with Crippen molar-refractivity contribution in [1.82, 2.24) is 10.4 Å². The van der Waals surface area contributed by atoms with Gasteiger partial charge in [-0.25, -0.2) is 10.0 Å². The largest absolute Gasteiger partial charge is 0.285 e. The number of amides is 1. The summed E-state index contributed by atoms with van der Waals surface area (Å²) in [5.41, 5.74) is 7.28. The van der Waals surface area contributed by atoms with Crippen LogP contribution in [0.3, 0.4) is 0 Å². The molecule has 6 heteroatoms. The van der Waals surface area contributed by atoms with Crippen molar-refractivity contribution in [2.75, 3.05) is 13.1 Å². The number of nitrogens with one attached hydrogen (secondary N) is 1. The summed E-state index contributed by atoms with van der Waals surface area (Å²) in [6.07, 6.45) is 2.24. The minimum atomic E-state index is -0.0917. The van der Waals surface area contributed by atoms with Gasteiger partial charge in [-0.15, -0.1) is 0 Å². The molecular weight excluding hydrogens is 414 g/mol. The molecule has 0 spiro atoms. The van der Waals surface area contributed by atoms with Gasteiger partial charge in [0, 0.05) is 44.6 Å². The lowest BCUT2D eigenvalue weighted by molar-refractivity contribution is 0.0826. The van der Waals surface area contributed by atoms with Gasteiger partial charge in [0.25, 0.3) is 5.91 Å². The molecule has 3 aromatic rings. The Labute approximate surface area is 184 Å². The van der Waals surface area contributed by atoms with Gasteiger partial charge >= 0.3 is 0 Å². The summed E-state index contributed by atoms with van der Waals surface area (Å²) >= 11 is 7.93. The third-order valence-corrected chi connectivity index (χ3v) is 6.66. The highest BCUT2D eigenvalue weighted by molar-refractivity contribution is 7.99. The van der Waals surface area contributed by atoms with E-state index in [9.17, 15) is 4.79 Å². The summed E-state index contributed by atoms with van der Waals surface area (Å²) < 4.78 is 0. The Balaban J connectivity index is 1.58. The smallest absolute Gasteiger partial charge is 0.265 e. The highest BCUT2D eigenvalue weighted by Gasteiger charge is 2.21. The van der Waals surface area contributed by atoms with Crippen LogP contribution in [0.4, 0.5) is 5.69 Å². The van der Waals surface area contributed by atoms with Crippen LogP contribution in [0.15, 0.2) is 81.5 Å². The van der Waals surface area contributed by atoms with E-state index in [-0.39, 0.29) is 5.91 Å². The Bertz CT molecular complexity index is 1150. The van der Waals surface area contributed by atoms with Crippen molar-refractivity contribution < 1.29 is 4.79 Å². The number of rotatable bonds is 3. The van der Waals surface area contributed by atoms with E-state index < -0.39 is 0 Å². The van der Waals surface area contributed by atoms with Gasteiger partial charge in [0.15, 0.2) is 0 Å². The first-order chi connectivity index (χ1) is 14.7. The molecule has 0 aromatic heterocycles. The van der Waals surface area contributed by atoms with Crippen LogP contribution in [-0.4, -0.2) is 29.7 Å². The highest BCUT2D eigenvalue weighted by Crippen LogP contribution is 2.41. The molecule has 4 nitrogen and oxygen atoms in total. The highest BCUT2D eigenvalue weighted by atomic mass is 35.5. The van der Waals surface area contributed by atoms with Gasteiger partial charge in [0.2, 0.25) is 0 Å². The van der Waals surface area contributed by atoms with Crippen molar-refractivity contribution in [3.63, 3.8) is 0 Å². The fraction of sp³-hybridized carbons (Fsp3) is 0.167. The molecule has 0 aliphatic carbocycles. The molecule has 1 N–H and O–H groups in total. The second-order valence-corrected chi connectivity index (χ2v) is 8.91. The van der Waals surface area contributed by atoms with E-state index in [0.717, 1.165) is 58.2 Å². The average molecular weight is 434 g/mol. The Morgan fingerprint density at radius 1 is 0.967 bits per heavy atom. The van der Waals surface area contributed by atoms with Crippen molar-refractivity contribution in [1.29, 1.82) is 0 Å². The number of hydrazine groups is 1. The number of carbonyl (C=O) groups excluding carboxylic acids is 1. The molecular formula is C24H20ClN3OS. The maximum absolute atomic E-state index is 12.8. The zero-order valence-electron chi connectivity index (χ0n) is 16.3. The lowest BCUT2D eigenvalue weighted by atomic mass is 10.0. The molecule has 1 fully saturated rings. The van der Waals surface area contributed by atoms with Crippen LogP contribution in [0.5, 0.6) is 0 Å². The molecule has 0 bridgehead atoms. The van der Waals surface area contributed by atoms with Gasteiger partial charge in [-0.2, -0.15) is 0 Å². The molecule has 0 unspecified atom stereocenters. The zero-order chi connectivity index (χ0) is 20.5. The van der Waals surface area contributed by atoms with Gasteiger partial charge in [-0.3, -0.25) is 10.2 Å². The van der Waals surface area contributed by atoms with Crippen LogP contribution >= 0.6 is 23.4 Å². The summed E-state index contributed by atoms with van der Waals surface area (Å²) in [5, 5.41) is 2.66. The van der Waals surface area contributed by atoms with E-state index in [1.54, 1.807) is 11.8 Å². The Kier molecular flexibility index (Phi) is 5.34. The van der Waals surface area contributed by atoms with E-state index >= 15 is 0 Å². The van der Waals surface area contributed by atoms with E-state index in [2.05, 4.69) is 17.6 Å². The SMILES string of the molecule is O=C(NN1CCCC1)c1ccc2c(c1)N=C(c1cccc(Cl)c1)c1ccccc1S2. The van der Waals surface area contributed by atoms with Crippen molar-refractivity contribution in [3.8, 4) is 0 Å². The van der Waals surface area contributed by atoms with E-state index in [4.69, 9.17) is 16.6 Å². The van der Waals surface area contributed by atoms with Gasteiger partial charge in [0.05, 0.1) is 11.4 Å². The number of halogens is 1. The second-order valence-electron chi connectivity index (χ2n) is 7.39. The molecule has 1 amide bonds. The predicted octanol–water partition coefficient (Wildman–Crippen LogP) is 5.71. The Hall–Kier alpha value is -2.60. The van der Waals surface area contributed by atoms with Crippen LogP contribution in [0.2, 0.25) is 5.02 Å². The first kappa shape index (κ1) is 19.4. The van der Waals surface area contributed by atoms with Gasteiger partial charge in [-0.05, 0) is 49.2 Å². The summed E-state index contributed by atoms with van der Waals surface area (Å²) in [6, 6.07) is 21.7. The second kappa shape index (κ2) is 8.26. The molecule has 0 saturated carbocycles. The molecule has 2 heterocycles. The normalized spacial score (nSPS) is 15.7. The van der Waals surface area contributed by atoms with Crippen molar-refractivity contribution in [2.24, 2.45) is 4.99 Å². The third kappa shape index (κ3) is 3.88. The predicted molar refractivity (Wildman–Crippen MR) is 122 cm³/mol. The molecule has 0 radical (unpaired) electrons. The fourth-order valence-corrected chi connectivity index (χ4v) is 4.97. The summed E-state index contributed by atoms with van der Waals surface area (Å²) in [5.74, 6) is -0.0917. The quantitative estimate of drug-likeness (QED) is 0.449. The van der Waals surface area contributed by atoms with Crippen molar-refractivity contribution in [3.05, 3.63) is 88.4 Å². The monoisotopic (exact) mass is 433 g/mol. The van der Waals surface area contributed by atoms with Crippen LogP contribution in [-0.2, 0) is 0 Å². The molecule has 0 atom stereocenters. The van der Waals surface area contributed by atoms with Gasteiger partial charge < -0.3 is 0 Å². The van der Waals surface area contributed by atoms with Crippen LogP contribution in [0, 0.1) is 0 Å². The molecule has 2 aliphatic rings. The summed E-state index contributed by atoms with van der Waals surface area (Å²) in [6.45, 7) is 1.80. The number of benzene rings is 3. The summed E-state index contributed by atoms with van der Waals surface area (Å²) in [4.78, 5) is 19.9. The lowest BCUT2D eigenvalue weighted by Gasteiger charge is -2.16. The summed E-state index contributed by atoms with van der Waals surface area (Å²) in [7, 11) is 0. The number of fused-ring (bicyclic) bond motifs is 2. The maximum atomic E-state index is 12.8. The minimum absolute atomic E-state index is 0.0917. The van der Waals surface area contributed by atoms with Crippen LogP contribution in [0.25, 0.3) is 0 Å². The number of nitrogens with zero attached hydrogens (tertiary/aromatic N) is 2. The zero-order valence-corrected chi connectivity index (χ0v) is 17.8. The minimum Gasteiger partial charge on any atom is -0.285 e. The molecule has 1 saturated heterocycles. The topological polar surface area (TPSA) is 44.7 Å². The van der Waals surface area contributed by atoms with E-state index in [1.807, 2.05) is 59.6 Å². The Morgan fingerprint density at radius 3 is 2.63 bits per heavy atom. The van der Waals surface area contributed by atoms with E-state index in [1.165, 1.54) is 0 Å². The van der Waals surface area contributed by atoms with Crippen LogP contribution < -0.4 is 5.43 Å². The molecule has 2 aliphatic heterocycles. The average Bonchev–Trinajstić information content (AvgIpc) is 3.20. The standard InChI is InChI=1S/C24H20ClN3OS/c25-18-7-5-6-16(14-18)23-19-8-1-2-9-21(19)30-22-11-10-17(15-20(22)26-23)24(29)27-28-12-3-4-13-28/h1-2,5-11,14-15H,3-4,12-13H2,(H,27,29). The number of hydrogen-bond donors (Lipinski definition) is 1. The fourth-order valence-electron chi connectivity index (χ4n) is 3.78. The van der Waals surface area contributed by atoms with Crippen molar-refractivity contribution >= 4 is 40.7 Å². The van der Waals surface area contributed by atoms with Crippen molar-refractivity contribution in [2.45, 2.75) is 22.6 Å². The Morgan fingerprint density at radius 2 is 1.80 bits per heavy atom. The molecule has 3 aromatic carbocycles.